The van der Waals surface area contributed by atoms with Gasteiger partial charge >= 0.3 is 12.0 Å². The zero-order valence-electron chi connectivity index (χ0n) is 12.7. The summed E-state index contributed by atoms with van der Waals surface area (Å²) in [5.41, 5.74) is -0.951. The molecule has 1 aliphatic rings. The van der Waals surface area contributed by atoms with E-state index in [0.717, 1.165) is 19.6 Å². The number of carboxylic acid groups (broad SMARTS) is 1. The summed E-state index contributed by atoms with van der Waals surface area (Å²) in [6.45, 7) is 8.30. The van der Waals surface area contributed by atoms with Crippen LogP contribution in [0.15, 0.2) is 0 Å². The molecule has 2 amide bonds. The summed E-state index contributed by atoms with van der Waals surface area (Å²) in [6.07, 6.45) is 3.75. The van der Waals surface area contributed by atoms with Crippen molar-refractivity contribution >= 4 is 12.0 Å². The molecule has 0 saturated carbocycles. The Hall–Kier alpha value is -1.30. The third kappa shape index (κ3) is 5.77. The highest BCUT2D eigenvalue weighted by atomic mass is 16.4. The minimum Gasteiger partial charge on any atom is -0.481 e. The Labute approximate surface area is 120 Å². The smallest absolute Gasteiger partial charge is 0.315 e. The van der Waals surface area contributed by atoms with Gasteiger partial charge in [-0.15, -0.1) is 0 Å². The van der Waals surface area contributed by atoms with Gasteiger partial charge < -0.3 is 20.6 Å². The lowest BCUT2D eigenvalue weighted by Gasteiger charge is -2.29. The Morgan fingerprint density at radius 2 is 1.85 bits per heavy atom. The van der Waals surface area contributed by atoms with E-state index in [-0.39, 0.29) is 18.6 Å². The van der Waals surface area contributed by atoms with E-state index in [0.29, 0.717) is 0 Å². The highest BCUT2D eigenvalue weighted by Crippen LogP contribution is 2.13. The number of piperidine rings is 1. The van der Waals surface area contributed by atoms with E-state index < -0.39 is 11.4 Å². The molecule has 1 atom stereocenters. The Balaban J connectivity index is 2.25. The Morgan fingerprint density at radius 1 is 1.25 bits per heavy atom. The largest absolute Gasteiger partial charge is 0.481 e. The second-order valence-corrected chi connectivity index (χ2v) is 6.28. The number of likely N-dealkylation sites (tertiary alicyclic amines) is 1. The van der Waals surface area contributed by atoms with E-state index in [2.05, 4.69) is 15.5 Å². The van der Waals surface area contributed by atoms with Crippen molar-refractivity contribution in [1.82, 2.24) is 15.5 Å². The number of amides is 2. The standard InChI is InChI=1S/C14H27N3O3/c1-11(9-17-7-5-4-6-8-17)16-13(20)15-10-14(2,3)12(18)19/h11H,4-10H2,1-3H3,(H,18,19)(H2,15,16,20). The van der Waals surface area contributed by atoms with Gasteiger partial charge in [-0.1, -0.05) is 6.42 Å². The first-order chi connectivity index (χ1) is 9.31. The molecule has 6 nitrogen and oxygen atoms in total. The molecule has 0 bridgehead atoms. The van der Waals surface area contributed by atoms with E-state index in [1.165, 1.54) is 19.3 Å². The summed E-state index contributed by atoms with van der Waals surface area (Å²) >= 11 is 0. The van der Waals surface area contributed by atoms with Gasteiger partial charge in [0.1, 0.15) is 0 Å². The Morgan fingerprint density at radius 3 is 2.40 bits per heavy atom. The highest BCUT2D eigenvalue weighted by molar-refractivity contribution is 5.77. The first kappa shape index (κ1) is 16.8. The Kier molecular flexibility index (Phi) is 6.26. The fraction of sp³-hybridized carbons (Fsp3) is 0.857. The minimum atomic E-state index is -0.951. The van der Waals surface area contributed by atoms with Crippen LogP contribution in [-0.2, 0) is 4.79 Å². The maximum Gasteiger partial charge on any atom is 0.315 e. The lowest BCUT2D eigenvalue weighted by atomic mass is 9.94. The van der Waals surface area contributed by atoms with Crippen molar-refractivity contribution < 1.29 is 14.7 Å². The molecule has 0 aromatic heterocycles. The average molecular weight is 285 g/mol. The number of aliphatic carboxylic acids is 1. The predicted octanol–water partition coefficient (Wildman–Crippen LogP) is 1.27. The molecule has 0 spiro atoms. The van der Waals surface area contributed by atoms with Crippen LogP contribution in [0.1, 0.15) is 40.0 Å². The number of carbonyl (C=O) groups excluding carboxylic acids is 1. The third-order valence-corrected chi connectivity index (χ3v) is 3.63. The van der Waals surface area contributed by atoms with Gasteiger partial charge in [0.2, 0.25) is 0 Å². The molecule has 1 saturated heterocycles. The van der Waals surface area contributed by atoms with E-state index in [1.807, 2.05) is 6.92 Å². The quantitative estimate of drug-likeness (QED) is 0.686. The van der Waals surface area contributed by atoms with E-state index in [1.54, 1.807) is 13.8 Å². The lowest BCUT2D eigenvalue weighted by Crippen LogP contribution is -2.49. The molecular formula is C14H27N3O3. The van der Waals surface area contributed by atoms with Crippen LogP contribution in [0.5, 0.6) is 0 Å². The van der Waals surface area contributed by atoms with Crippen LogP contribution in [0.3, 0.4) is 0 Å². The van der Waals surface area contributed by atoms with Crippen molar-refractivity contribution in [2.24, 2.45) is 5.41 Å². The van der Waals surface area contributed by atoms with Crippen LogP contribution < -0.4 is 10.6 Å². The maximum absolute atomic E-state index is 11.7. The minimum absolute atomic E-state index is 0.0565. The molecule has 1 unspecified atom stereocenters. The number of hydrogen-bond acceptors (Lipinski definition) is 3. The first-order valence-corrected chi connectivity index (χ1v) is 7.31. The van der Waals surface area contributed by atoms with Crippen LogP contribution in [0, 0.1) is 5.41 Å². The van der Waals surface area contributed by atoms with Crippen LogP contribution in [0.2, 0.25) is 0 Å². The Bertz CT molecular complexity index is 339. The molecule has 1 fully saturated rings. The molecular weight excluding hydrogens is 258 g/mol. The van der Waals surface area contributed by atoms with Gasteiger partial charge in [0.25, 0.3) is 0 Å². The SMILES string of the molecule is CC(CN1CCCCC1)NC(=O)NCC(C)(C)C(=O)O. The van der Waals surface area contributed by atoms with Crippen LogP contribution >= 0.6 is 0 Å². The average Bonchev–Trinajstić information content (AvgIpc) is 2.37. The molecule has 1 rings (SSSR count). The van der Waals surface area contributed by atoms with E-state index in [4.69, 9.17) is 5.11 Å². The van der Waals surface area contributed by atoms with Gasteiger partial charge in [-0.25, -0.2) is 4.79 Å². The van der Waals surface area contributed by atoms with Gasteiger partial charge in [-0.05, 0) is 46.7 Å². The second-order valence-electron chi connectivity index (χ2n) is 6.28. The van der Waals surface area contributed by atoms with Gasteiger partial charge in [0.15, 0.2) is 0 Å². The molecule has 1 heterocycles. The van der Waals surface area contributed by atoms with Crippen LogP contribution in [0.4, 0.5) is 4.79 Å². The zero-order valence-corrected chi connectivity index (χ0v) is 12.7. The van der Waals surface area contributed by atoms with Crippen molar-refractivity contribution in [2.45, 2.75) is 46.1 Å². The lowest BCUT2D eigenvalue weighted by molar-refractivity contribution is -0.146. The number of carboxylic acids is 1. The van der Waals surface area contributed by atoms with Gasteiger partial charge in [-0.3, -0.25) is 4.79 Å². The summed E-state index contributed by atoms with van der Waals surface area (Å²) < 4.78 is 0. The van der Waals surface area contributed by atoms with Crippen molar-refractivity contribution in [3.05, 3.63) is 0 Å². The third-order valence-electron chi connectivity index (χ3n) is 3.63. The summed E-state index contributed by atoms with van der Waals surface area (Å²) in [7, 11) is 0. The normalized spacial score (nSPS) is 18.4. The molecule has 1 aliphatic heterocycles. The monoisotopic (exact) mass is 285 g/mol. The van der Waals surface area contributed by atoms with Gasteiger partial charge in [0.05, 0.1) is 5.41 Å². The van der Waals surface area contributed by atoms with Crippen molar-refractivity contribution in [1.29, 1.82) is 0 Å². The van der Waals surface area contributed by atoms with Crippen LogP contribution in [-0.4, -0.2) is 54.2 Å². The fourth-order valence-electron chi connectivity index (χ4n) is 2.23. The maximum atomic E-state index is 11.7. The number of urea groups is 1. The van der Waals surface area contributed by atoms with Crippen molar-refractivity contribution in [3.8, 4) is 0 Å². The molecule has 0 radical (unpaired) electrons. The number of rotatable bonds is 6. The number of carbonyl (C=O) groups is 2. The molecule has 0 aliphatic carbocycles. The van der Waals surface area contributed by atoms with Gasteiger partial charge in [0, 0.05) is 19.1 Å². The summed E-state index contributed by atoms with van der Waals surface area (Å²) in [5.74, 6) is -0.917. The molecule has 0 aromatic rings. The molecule has 116 valence electrons. The first-order valence-electron chi connectivity index (χ1n) is 7.31. The molecule has 0 aromatic carbocycles. The van der Waals surface area contributed by atoms with Gasteiger partial charge in [-0.2, -0.15) is 0 Å². The fourth-order valence-corrected chi connectivity index (χ4v) is 2.23. The van der Waals surface area contributed by atoms with Crippen molar-refractivity contribution in [2.75, 3.05) is 26.2 Å². The molecule has 6 heteroatoms. The summed E-state index contributed by atoms with van der Waals surface area (Å²) in [6, 6.07) is -0.245. The number of nitrogens with zero attached hydrogens (tertiary/aromatic N) is 1. The van der Waals surface area contributed by atoms with Crippen LogP contribution in [0.25, 0.3) is 0 Å². The van der Waals surface area contributed by atoms with E-state index >= 15 is 0 Å². The topological polar surface area (TPSA) is 81.7 Å². The summed E-state index contributed by atoms with van der Waals surface area (Å²) in [5, 5.41) is 14.5. The highest BCUT2D eigenvalue weighted by Gasteiger charge is 2.27. The summed E-state index contributed by atoms with van der Waals surface area (Å²) in [4.78, 5) is 25.0. The zero-order chi connectivity index (χ0) is 15.2. The molecule has 3 N–H and O–H groups in total. The molecule has 20 heavy (non-hydrogen) atoms. The second kappa shape index (κ2) is 7.47. The number of nitrogens with one attached hydrogen (secondary N) is 2. The predicted molar refractivity (Wildman–Crippen MR) is 77.7 cm³/mol. The van der Waals surface area contributed by atoms with E-state index in [9.17, 15) is 9.59 Å². The van der Waals surface area contributed by atoms with Crippen molar-refractivity contribution in [3.63, 3.8) is 0 Å². The number of hydrogen-bond donors (Lipinski definition) is 3.